The molecule has 0 spiro atoms. The molecule has 1 amide bonds. The number of rotatable bonds is 5. The zero-order valence-electron chi connectivity index (χ0n) is 17.9. The number of carbonyl (C=O) groups excluding carboxylic acids is 1. The minimum Gasteiger partial charge on any atom is -0.354 e. The molecular formula is C21H35N7O. The highest BCUT2D eigenvalue weighted by Gasteiger charge is 2.32. The SMILES string of the molecule is Cc1nnc(CN=C(NC2CCCC2)NC2CCN(C(=O)C3CCCC3)C2)n1C. The molecule has 1 aliphatic heterocycles. The minimum atomic E-state index is 0.259. The Morgan fingerprint density at radius 3 is 2.41 bits per heavy atom. The van der Waals surface area contributed by atoms with Gasteiger partial charge in [0.2, 0.25) is 5.91 Å². The molecule has 0 radical (unpaired) electrons. The molecule has 2 saturated carbocycles. The molecule has 0 bridgehead atoms. The van der Waals surface area contributed by atoms with E-state index in [1.165, 1.54) is 38.5 Å². The van der Waals surface area contributed by atoms with Gasteiger partial charge in [-0.15, -0.1) is 10.2 Å². The highest BCUT2D eigenvalue weighted by Crippen LogP contribution is 2.28. The molecule has 1 saturated heterocycles. The highest BCUT2D eigenvalue weighted by atomic mass is 16.2. The van der Waals surface area contributed by atoms with Crippen molar-refractivity contribution in [3.05, 3.63) is 11.6 Å². The lowest BCUT2D eigenvalue weighted by molar-refractivity contribution is -0.134. The molecule has 2 heterocycles. The summed E-state index contributed by atoms with van der Waals surface area (Å²) < 4.78 is 1.98. The maximum absolute atomic E-state index is 12.7. The molecular weight excluding hydrogens is 366 g/mol. The molecule has 29 heavy (non-hydrogen) atoms. The van der Waals surface area contributed by atoms with E-state index in [4.69, 9.17) is 4.99 Å². The van der Waals surface area contributed by atoms with Crippen LogP contribution in [-0.4, -0.2) is 56.7 Å². The Morgan fingerprint density at radius 2 is 1.72 bits per heavy atom. The Balaban J connectivity index is 1.37. The number of likely N-dealkylation sites (tertiary alicyclic amines) is 1. The van der Waals surface area contributed by atoms with Crippen LogP contribution in [0.5, 0.6) is 0 Å². The Labute approximate surface area is 173 Å². The van der Waals surface area contributed by atoms with E-state index in [1.54, 1.807) is 0 Å². The number of hydrogen-bond acceptors (Lipinski definition) is 4. The number of hydrogen-bond donors (Lipinski definition) is 2. The first-order valence-electron chi connectivity index (χ1n) is 11.3. The van der Waals surface area contributed by atoms with Crippen molar-refractivity contribution in [3.8, 4) is 0 Å². The van der Waals surface area contributed by atoms with Gasteiger partial charge in [0.05, 0.1) is 0 Å². The van der Waals surface area contributed by atoms with Gasteiger partial charge >= 0.3 is 0 Å². The van der Waals surface area contributed by atoms with Crippen molar-refractivity contribution in [1.82, 2.24) is 30.3 Å². The van der Waals surface area contributed by atoms with Crippen LogP contribution in [0.15, 0.2) is 4.99 Å². The predicted octanol–water partition coefficient (Wildman–Crippen LogP) is 1.89. The van der Waals surface area contributed by atoms with Gasteiger partial charge in [-0.3, -0.25) is 4.79 Å². The molecule has 1 aromatic heterocycles. The average Bonchev–Trinajstić information content (AvgIpc) is 3.51. The molecule has 8 nitrogen and oxygen atoms in total. The molecule has 1 aromatic rings. The van der Waals surface area contributed by atoms with E-state index in [-0.39, 0.29) is 12.0 Å². The van der Waals surface area contributed by atoms with Crippen LogP contribution in [0.3, 0.4) is 0 Å². The van der Waals surface area contributed by atoms with E-state index in [0.29, 0.717) is 18.5 Å². The van der Waals surface area contributed by atoms with Gasteiger partial charge in [-0.2, -0.15) is 0 Å². The fraction of sp³-hybridized carbons (Fsp3) is 0.810. The Kier molecular flexibility index (Phi) is 6.35. The normalized spacial score (nSPS) is 23.9. The summed E-state index contributed by atoms with van der Waals surface area (Å²) in [4.78, 5) is 19.6. The highest BCUT2D eigenvalue weighted by molar-refractivity contribution is 5.81. The van der Waals surface area contributed by atoms with Crippen molar-refractivity contribution in [2.45, 2.75) is 83.3 Å². The second-order valence-electron chi connectivity index (χ2n) is 8.91. The molecule has 2 aliphatic carbocycles. The van der Waals surface area contributed by atoms with Gasteiger partial charge in [-0.25, -0.2) is 4.99 Å². The van der Waals surface area contributed by atoms with Gasteiger partial charge in [-0.1, -0.05) is 25.7 Å². The lowest BCUT2D eigenvalue weighted by atomic mass is 10.1. The van der Waals surface area contributed by atoms with E-state index in [0.717, 1.165) is 50.0 Å². The first kappa shape index (κ1) is 20.2. The lowest BCUT2D eigenvalue weighted by Crippen LogP contribution is -2.48. The summed E-state index contributed by atoms with van der Waals surface area (Å²) >= 11 is 0. The van der Waals surface area contributed by atoms with Crippen LogP contribution in [0.2, 0.25) is 0 Å². The summed E-state index contributed by atoms with van der Waals surface area (Å²) in [6.07, 6.45) is 10.5. The van der Waals surface area contributed by atoms with Crippen LogP contribution in [-0.2, 0) is 18.4 Å². The largest absolute Gasteiger partial charge is 0.354 e. The molecule has 1 unspecified atom stereocenters. The maximum Gasteiger partial charge on any atom is 0.225 e. The number of aryl methyl sites for hydroxylation is 1. The van der Waals surface area contributed by atoms with Crippen molar-refractivity contribution >= 4 is 11.9 Å². The molecule has 1 atom stereocenters. The van der Waals surface area contributed by atoms with Gasteiger partial charge < -0.3 is 20.1 Å². The number of amides is 1. The van der Waals surface area contributed by atoms with Gasteiger partial charge in [-0.05, 0) is 39.0 Å². The Hall–Kier alpha value is -2.12. The van der Waals surface area contributed by atoms with Gasteiger partial charge in [0, 0.05) is 38.1 Å². The number of nitrogens with one attached hydrogen (secondary N) is 2. The van der Waals surface area contributed by atoms with Gasteiger partial charge in [0.25, 0.3) is 0 Å². The van der Waals surface area contributed by atoms with Crippen molar-refractivity contribution in [2.75, 3.05) is 13.1 Å². The molecule has 3 aliphatic rings. The van der Waals surface area contributed by atoms with Crippen LogP contribution in [0, 0.1) is 12.8 Å². The molecule has 8 heteroatoms. The summed E-state index contributed by atoms with van der Waals surface area (Å²) in [5.74, 6) is 3.23. The third-order valence-corrected chi connectivity index (χ3v) is 6.80. The Bertz CT molecular complexity index is 731. The van der Waals surface area contributed by atoms with Crippen LogP contribution in [0.25, 0.3) is 0 Å². The van der Waals surface area contributed by atoms with Crippen molar-refractivity contribution in [1.29, 1.82) is 0 Å². The maximum atomic E-state index is 12.7. The number of nitrogens with zero attached hydrogens (tertiary/aromatic N) is 5. The second kappa shape index (κ2) is 9.13. The first-order valence-corrected chi connectivity index (χ1v) is 11.3. The quantitative estimate of drug-likeness (QED) is 0.581. The van der Waals surface area contributed by atoms with Crippen LogP contribution < -0.4 is 10.6 Å². The summed E-state index contributed by atoms with van der Waals surface area (Å²) in [6, 6.07) is 0.745. The van der Waals surface area contributed by atoms with Crippen LogP contribution in [0.4, 0.5) is 0 Å². The first-order chi connectivity index (χ1) is 14.1. The smallest absolute Gasteiger partial charge is 0.225 e. The van der Waals surface area contributed by atoms with E-state index < -0.39 is 0 Å². The lowest BCUT2D eigenvalue weighted by Gasteiger charge is -2.23. The van der Waals surface area contributed by atoms with E-state index in [1.807, 2.05) is 18.5 Å². The average molecular weight is 402 g/mol. The zero-order valence-corrected chi connectivity index (χ0v) is 17.9. The van der Waals surface area contributed by atoms with Crippen molar-refractivity contribution in [2.24, 2.45) is 18.0 Å². The third-order valence-electron chi connectivity index (χ3n) is 6.80. The zero-order chi connectivity index (χ0) is 20.2. The summed E-state index contributed by atoms with van der Waals surface area (Å²) in [5, 5.41) is 15.6. The standard InChI is InChI=1S/C21H35N7O/c1-15-25-26-19(27(15)2)13-22-21(23-17-9-5-6-10-17)24-18-11-12-28(14-18)20(29)16-7-3-4-8-16/h16-18H,3-14H2,1-2H3,(H2,22,23,24). The molecule has 4 rings (SSSR count). The topological polar surface area (TPSA) is 87.4 Å². The van der Waals surface area contributed by atoms with Gasteiger partial charge in [0.15, 0.2) is 11.8 Å². The molecule has 0 aromatic carbocycles. The van der Waals surface area contributed by atoms with E-state index >= 15 is 0 Å². The van der Waals surface area contributed by atoms with E-state index in [9.17, 15) is 4.79 Å². The monoisotopic (exact) mass is 401 g/mol. The minimum absolute atomic E-state index is 0.259. The number of guanidine groups is 1. The number of aliphatic imine (C=N–C) groups is 1. The van der Waals surface area contributed by atoms with Crippen molar-refractivity contribution < 1.29 is 4.79 Å². The van der Waals surface area contributed by atoms with Crippen molar-refractivity contribution in [3.63, 3.8) is 0 Å². The predicted molar refractivity (Wildman–Crippen MR) is 112 cm³/mol. The summed E-state index contributed by atoms with van der Waals surface area (Å²) in [6.45, 7) is 4.08. The van der Waals surface area contributed by atoms with Gasteiger partial charge in [0.1, 0.15) is 12.4 Å². The molecule has 3 fully saturated rings. The number of aromatic nitrogens is 3. The number of carbonyl (C=O) groups is 1. The molecule has 160 valence electrons. The third kappa shape index (κ3) is 4.90. The summed E-state index contributed by atoms with van der Waals surface area (Å²) in [7, 11) is 1.97. The van der Waals surface area contributed by atoms with Crippen LogP contribution in [0.1, 0.15) is 69.4 Å². The second-order valence-corrected chi connectivity index (χ2v) is 8.91. The van der Waals surface area contributed by atoms with E-state index in [2.05, 4.69) is 25.7 Å². The Morgan fingerprint density at radius 1 is 1.03 bits per heavy atom. The fourth-order valence-electron chi connectivity index (χ4n) is 4.84. The fourth-order valence-corrected chi connectivity index (χ4v) is 4.84. The van der Waals surface area contributed by atoms with Crippen LogP contribution >= 0.6 is 0 Å². The summed E-state index contributed by atoms with van der Waals surface area (Å²) in [5.41, 5.74) is 0. The molecule has 2 N–H and O–H groups in total.